The molecule has 0 bridgehead atoms. The molecular weight excluding hydrogens is 380 g/mol. The fraction of sp³-hybridized carbons (Fsp3) is 0. The third kappa shape index (κ3) is 3.08. The van der Waals surface area contributed by atoms with Crippen LogP contribution >= 0.6 is 0 Å². The van der Waals surface area contributed by atoms with Crippen LogP contribution in [0.5, 0.6) is 0 Å². The van der Waals surface area contributed by atoms with Crippen LogP contribution in [0.15, 0.2) is 114 Å². The lowest BCUT2D eigenvalue weighted by Crippen LogP contribution is -1.92. The first-order valence-electron chi connectivity index (χ1n) is 10.3. The number of hydrogen-bond acceptors (Lipinski definition) is 3. The molecule has 2 aromatic heterocycles. The number of nitrogens with zero attached hydrogens (tertiary/aromatic N) is 2. The maximum absolute atomic E-state index is 6.03. The molecule has 0 saturated heterocycles. The number of rotatable bonds is 3. The largest absolute Gasteiger partial charge is 0.456 e. The predicted octanol–water partition coefficient (Wildman–Crippen LogP) is 7.38. The van der Waals surface area contributed by atoms with E-state index in [1.165, 1.54) is 11.1 Å². The summed E-state index contributed by atoms with van der Waals surface area (Å²) in [4.78, 5) is 9.48. The third-order valence-corrected chi connectivity index (χ3v) is 5.59. The second-order valence-electron chi connectivity index (χ2n) is 7.49. The Balaban J connectivity index is 1.44. The summed E-state index contributed by atoms with van der Waals surface area (Å²) < 4.78 is 6.03. The Morgan fingerprint density at radius 3 is 2.13 bits per heavy atom. The Morgan fingerprint density at radius 2 is 1.26 bits per heavy atom. The van der Waals surface area contributed by atoms with Crippen LogP contribution in [0.25, 0.3) is 55.7 Å². The highest BCUT2D eigenvalue weighted by molar-refractivity contribution is 6.11. The van der Waals surface area contributed by atoms with Gasteiger partial charge in [-0.05, 0) is 29.3 Å². The molecule has 2 heterocycles. The van der Waals surface area contributed by atoms with Gasteiger partial charge in [-0.25, -0.2) is 9.97 Å². The van der Waals surface area contributed by atoms with E-state index in [1.54, 1.807) is 0 Å². The highest BCUT2D eigenvalue weighted by Gasteiger charge is 2.14. The molecule has 3 nitrogen and oxygen atoms in total. The minimum Gasteiger partial charge on any atom is -0.456 e. The average molecular weight is 398 g/mol. The van der Waals surface area contributed by atoms with Crippen LogP contribution in [0.2, 0.25) is 0 Å². The summed E-state index contributed by atoms with van der Waals surface area (Å²) in [5.74, 6) is 0.696. The molecule has 0 aliphatic carbocycles. The van der Waals surface area contributed by atoms with E-state index in [0.717, 1.165) is 38.8 Å². The molecule has 6 rings (SSSR count). The van der Waals surface area contributed by atoms with Crippen molar-refractivity contribution in [1.29, 1.82) is 0 Å². The van der Waals surface area contributed by atoms with E-state index >= 15 is 0 Å². The van der Waals surface area contributed by atoms with Gasteiger partial charge >= 0.3 is 0 Å². The SMILES string of the molecule is c1ccc(-c2ccc(-c3ccnc(-c4cccc5oc6ccccc6c45)n3)cc2)cc1. The Morgan fingerprint density at radius 1 is 0.548 bits per heavy atom. The summed E-state index contributed by atoms with van der Waals surface area (Å²) in [6, 6.07) is 35.0. The maximum atomic E-state index is 6.03. The van der Waals surface area contributed by atoms with Crippen LogP contribution < -0.4 is 0 Å². The van der Waals surface area contributed by atoms with E-state index in [-0.39, 0.29) is 0 Å². The van der Waals surface area contributed by atoms with Crippen LogP contribution in [-0.2, 0) is 0 Å². The van der Waals surface area contributed by atoms with Crippen molar-refractivity contribution in [2.75, 3.05) is 0 Å². The number of aromatic nitrogens is 2. The number of para-hydroxylation sites is 1. The van der Waals surface area contributed by atoms with Crippen molar-refractivity contribution in [1.82, 2.24) is 9.97 Å². The Kier molecular flexibility index (Phi) is 4.10. The number of fused-ring (bicyclic) bond motifs is 3. The Bertz CT molecular complexity index is 1520. The molecule has 146 valence electrons. The molecule has 0 amide bonds. The van der Waals surface area contributed by atoms with E-state index in [0.29, 0.717) is 5.82 Å². The van der Waals surface area contributed by atoms with Crippen molar-refractivity contribution >= 4 is 21.9 Å². The molecule has 31 heavy (non-hydrogen) atoms. The monoisotopic (exact) mass is 398 g/mol. The van der Waals surface area contributed by atoms with Gasteiger partial charge in [0.1, 0.15) is 11.2 Å². The lowest BCUT2D eigenvalue weighted by atomic mass is 10.0. The molecule has 0 N–H and O–H groups in total. The Hall–Kier alpha value is -4.24. The van der Waals surface area contributed by atoms with Crippen LogP contribution in [0.4, 0.5) is 0 Å². The lowest BCUT2D eigenvalue weighted by Gasteiger charge is -2.07. The van der Waals surface area contributed by atoms with Crippen molar-refractivity contribution in [2.45, 2.75) is 0 Å². The Labute approximate surface area is 179 Å². The molecule has 0 saturated carbocycles. The predicted molar refractivity (Wildman–Crippen MR) is 126 cm³/mol. The van der Waals surface area contributed by atoms with Crippen LogP contribution in [-0.4, -0.2) is 9.97 Å². The van der Waals surface area contributed by atoms with Crippen LogP contribution in [0.1, 0.15) is 0 Å². The second kappa shape index (κ2) is 7.22. The van der Waals surface area contributed by atoms with Gasteiger partial charge in [0.2, 0.25) is 0 Å². The summed E-state index contributed by atoms with van der Waals surface area (Å²) in [6.45, 7) is 0. The molecule has 6 aromatic rings. The molecule has 4 aromatic carbocycles. The van der Waals surface area contributed by atoms with Crippen molar-refractivity contribution in [3.63, 3.8) is 0 Å². The van der Waals surface area contributed by atoms with Gasteiger partial charge in [-0.2, -0.15) is 0 Å². The van der Waals surface area contributed by atoms with Gasteiger partial charge in [-0.3, -0.25) is 0 Å². The first-order valence-corrected chi connectivity index (χ1v) is 10.3. The van der Waals surface area contributed by atoms with Gasteiger partial charge in [0.05, 0.1) is 5.69 Å². The standard InChI is InChI=1S/C28H18N2O/c1-2-7-19(8-3-1)20-13-15-21(16-14-20)24-17-18-29-28(30-24)23-10-6-12-26-27(23)22-9-4-5-11-25(22)31-26/h1-18H. The summed E-state index contributed by atoms with van der Waals surface area (Å²) in [5, 5.41) is 2.13. The van der Waals surface area contributed by atoms with Crippen molar-refractivity contribution in [3.8, 4) is 33.8 Å². The minimum atomic E-state index is 0.696. The van der Waals surface area contributed by atoms with Gasteiger partial charge < -0.3 is 4.42 Å². The zero-order valence-electron chi connectivity index (χ0n) is 16.7. The van der Waals surface area contributed by atoms with Gasteiger partial charge in [0, 0.05) is 28.1 Å². The molecule has 0 atom stereocenters. The highest BCUT2D eigenvalue weighted by Crippen LogP contribution is 2.35. The molecular formula is C28H18N2O. The third-order valence-electron chi connectivity index (χ3n) is 5.59. The zero-order valence-corrected chi connectivity index (χ0v) is 16.7. The van der Waals surface area contributed by atoms with Gasteiger partial charge in [0.25, 0.3) is 0 Å². The second-order valence-corrected chi connectivity index (χ2v) is 7.49. The quantitative estimate of drug-likeness (QED) is 0.312. The van der Waals surface area contributed by atoms with Crippen molar-refractivity contribution < 1.29 is 4.42 Å². The molecule has 0 aliphatic rings. The topological polar surface area (TPSA) is 38.9 Å². The fourth-order valence-electron chi connectivity index (χ4n) is 4.07. The van der Waals surface area contributed by atoms with E-state index < -0.39 is 0 Å². The molecule has 0 unspecified atom stereocenters. The molecule has 0 fully saturated rings. The van der Waals surface area contributed by atoms with E-state index in [2.05, 4.69) is 65.6 Å². The summed E-state index contributed by atoms with van der Waals surface area (Å²) >= 11 is 0. The summed E-state index contributed by atoms with van der Waals surface area (Å²) in [6.07, 6.45) is 1.82. The molecule has 0 radical (unpaired) electrons. The van der Waals surface area contributed by atoms with E-state index in [1.807, 2.05) is 48.7 Å². The normalized spacial score (nSPS) is 11.2. The molecule has 0 spiro atoms. The molecule has 0 aliphatic heterocycles. The number of hydrogen-bond donors (Lipinski definition) is 0. The first-order chi connectivity index (χ1) is 15.4. The fourth-order valence-corrected chi connectivity index (χ4v) is 4.07. The van der Waals surface area contributed by atoms with Gasteiger partial charge in [0.15, 0.2) is 5.82 Å². The summed E-state index contributed by atoms with van der Waals surface area (Å²) in [5.41, 5.74) is 7.05. The smallest absolute Gasteiger partial charge is 0.160 e. The average Bonchev–Trinajstić information content (AvgIpc) is 3.24. The maximum Gasteiger partial charge on any atom is 0.160 e. The molecule has 3 heteroatoms. The van der Waals surface area contributed by atoms with Crippen molar-refractivity contribution in [2.24, 2.45) is 0 Å². The van der Waals surface area contributed by atoms with Crippen LogP contribution in [0, 0.1) is 0 Å². The van der Waals surface area contributed by atoms with E-state index in [9.17, 15) is 0 Å². The van der Waals surface area contributed by atoms with Gasteiger partial charge in [-0.1, -0.05) is 84.9 Å². The highest BCUT2D eigenvalue weighted by atomic mass is 16.3. The van der Waals surface area contributed by atoms with E-state index in [4.69, 9.17) is 9.40 Å². The zero-order chi connectivity index (χ0) is 20.6. The van der Waals surface area contributed by atoms with Crippen LogP contribution in [0.3, 0.4) is 0 Å². The van der Waals surface area contributed by atoms with Gasteiger partial charge in [-0.15, -0.1) is 0 Å². The van der Waals surface area contributed by atoms with Crippen molar-refractivity contribution in [3.05, 3.63) is 109 Å². The number of benzene rings is 4. The minimum absolute atomic E-state index is 0.696. The summed E-state index contributed by atoms with van der Waals surface area (Å²) in [7, 11) is 0. The number of furan rings is 1. The lowest BCUT2D eigenvalue weighted by molar-refractivity contribution is 0.669. The first kappa shape index (κ1) is 17.6.